The van der Waals surface area contributed by atoms with Gasteiger partial charge in [-0.15, -0.1) is 0 Å². The highest BCUT2D eigenvalue weighted by molar-refractivity contribution is 5.14. The number of aromatic nitrogens is 2. The number of hydrogen-bond donors (Lipinski definition) is 0. The van der Waals surface area contributed by atoms with E-state index in [1.807, 2.05) is 18.0 Å². The molecule has 0 aliphatic carbocycles. The second-order valence-electron chi connectivity index (χ2n) is 2.63. The lowest BCUT2D eigenvalue weighted by molar-refractivity contribution is -0.681. The molecule has 0 saturated carbocycles. The van der Waals surface area contributed by atoms with Crippen LogP contribution in [0.15, 0.2) is 6.20 Å². The van der Waals surface area contributed by atoms with E-state index in [2.05, 4.69) is 11.5 Å². The zero-order valence-corrected chi connectivity index (χ0v) is 7.43. The minimum absolute atomic E-state index is 0. The lowest BCUT2D eigenvalue weighted by Gasteiger charge is -1.89. The number of halogens is 1. The Hall–Kier alpha value is -0.700. The number of rotatable bonds is 2. The van der Waals surface area contributed by atoms with Crippen molar-refractivity contribution in [1.29, 1.82) is 0 Å². The topological polar surface area (TPSA) is 21.3 Å². The Balaban J connectivity index is 0.000000605. The predicted molar refractivity (Wildman–Crippen MR) is 35.6 cm³/mol. The standard InChI is InChI=1S/C7H11N2O.ClH/c1-3-4-6-8(2)5-7-9(6)10-7;/h5H,3-4H2,1-2H3;1H/q+1;/p-1. The molecule has 1 aliphatic heterocycles. The van der Waals surface area contributed by atoms with E-state index in [0.29, 0.717) is 0 Å². The molecule has 3 nitrogen and oxygen atoms in total. The molecule has 0 saturated heterocycles. The fourth-order valence-corrected chi connectivity index (χ4v) is 1.21. The first-order chi connectivity index (χ1) is 4.83. The van der Waals surface area contributed by atoms with E-state index in [4.69, 9.17) is 4.84 Å². The van der Waals surface area contributed by atoms with Crippen LogP contribution in [0.3, 0.4) is 0 Å². The average Bonchev–Trinajstić information content (AvgIpc) is 2.57. The Morgan fingerprint density at radius 3 is 2.82 bits per heavy atom. The van der Waals surface area contributed by atoms with E-state index >= 15 is 0 Å². The molecule has 0 amide bonds. The summed E-state index contributed by atoms with van der Waals surface area (Å²) >= 11 is 0. The molecular formula is C7H11ClN2O. The molecule has 1 aromatic heterocycles. The van der Waals surface area contributed by atoms with Gasteiger partial charge >= 0.3 is 11.7 Å². The van der Waals surface area contributed by atoms with Crippen LogP contribution in [0.4, 0.5) is 0 Å². The fraction of sp³-hybridized carbons (Fsp3) is 0.571. The summed E-state index contributed by atoms with van der Waals surface area (Å²) in [6, 6.07) is 0. The highest BCUT2D eigenvalue weighted by atomic mass is 35.5. The molecule has 1 aromatic rings. The summed E-state index contributed by atoms with van der Waals surface area (Å²) in [4.78, 5) is 5.10. The lowest BCUT2D eigenvalue weighted by atomic mass is 10.3. The van der Waals surface area contributed by atoms with Gasteiger partial charge in [0.2, 0.25) is 0 Å². The predicted octanol–water partition coefficient (Wildman–Crippen LogP) is -2.58. The van der Waals surface area contributed by atoms with Crippen molar-refractivity contribution in [2.75, 3.05) is 0 Å². The van der Waals surface area contributed by atoms with Crippen LogP contribution >= 0.6 is 0 Å². The Kier molecular flexibility index (Phi) is 2.09. The molecule has 0 spiro atoms. The van der Waals surface area contributed by atoms with Gasteiger partial charge in [0.05, 0.1) is 13.5 Å². The van der Waals surface area contributed by atoms with Crippen molar-refractivity contribution in [3.8, 4) is 5.88 Å². The largest absolute Gasteiger partial charge is 1.00 e. The van der Waals surface area contributed by atoms with Gasteiger partial charge in [0.1, 0.15) is 0 Å². The van der Waals surface area contributed by atoms with Crippen molar-refractivity contribution in [3.05, 3.63) is 12.0 Å². The summed E-state index contributed by atoms with van der Waals surface area (Å²) in [5.41, 5.74) is 0. The fourth-order valence-electron chi connectivity index (χ4n) is 1.21. The summed E-state index contributed by atoms with van der Waals surface area (Å²) in [6.45, 7) is 2.17. The smallest absolute Gasteiger partial charge is 0.415 e. The van der Waals surface area contributed by atoms with Crippen LogP contribution in [0.2, 0.25) is 0 Å². The number of nitrogens with zero attached hydrogens (tertiary/aromatic N) is 2. The molecule has 0 N–H and O–H groups in total. The van der Waals surface area contributed by atoms with Gasteiger partial charge in [-0.2, -0.15) is 0 Å². The Morgan fingerprint density at radius 1 is 1.64 bits per heavy atom. The highest BCUT2D eigenvalue weighted by Crippen LogP contribution is 2.24. The molecule has 62 valence electrons. The summed E-state index contributed by atoms with van der Waals surface area (Å²) in [6.07, 6.45) is 4.27. The van der Waals surface area contributed by atoms with E-state index < -0.39 is 0 Å². The van der Waals surface area contributed by atoms with Crippen LogP contribution in [-0.2, 0) is 13.5 Å². The van der Waals surface area contributed by atoms with Crippen LogP contribution in [0.5, 0.6) is 5.88 Å². The van der Waals surface area contributed by atoms with E-state index in [9.17, 15) is 0 Å². The number of imidazole rings is 1. The van der Waals surface area contributed by atoms with E-state index in [0.717, 1.165) is 12.3 Å². The van der Waals surface area contributed by atoms with Crippen LogP contribution in [-0.4, -0.2) is 4.73 Å². The van der Waals surface area contributed by atoms with Gasteiger partial charge in [-0.3, -0.25) is 0 Å². The Labute approximate surface area is 72.0 Å². The second kappa shape index (κ2) is 2.74. The molecule has 0 aromatic carbocycles. The van der Waals surface area contributed by atoms with Crippen molar-refractivity contribution in [3.63, 3.8) is 0 Å². The van der Waals surface area contributed by atoms with Gasteiger partial charge in [-0.25, -0.2) is 9.40 Å². The van der Waals surface area contributed by atoms with Gasteiger partial charge in [0, 0.05) is 4.73 Å². The van der Waals surface area contributed by atoms with E-state index in [1.165, 1.54) is 12.2 Å². The van der Waals surface area contributed by atoms with Crippen LogP contribution in [0.25, 0.3) is 0 Å². The average molecular weight is 175 g/mol. The number of hydrogen-bond acceptors (Lipinski definition) is 1. The molecule has 0 fully saturated rings. The quantitative estimate of drug-likeness (QED) is 0.362. The van der Waals surface area contributed by atoms with Crippen LogP contribution in [0, 0.1) is 0 Å². The molecule has 2 rings (SSSR count). The van der Waals surface area contributed by atoms with Gasteiger partial charge in [0.15, 0.2) is 6.20 Å². The molecule has 0 atom stereocenters. The summed E-state index contributed by atoms with van der Waals surface area (Å²) < 4.78 is 3.99. The van der Waals surface area contributed by atoms with Gasteiger partial charge in [-0.05, 0) is 6.42 Å². The van der Waals surface area contributed by atoms with Gasteiger partial charge < -0.3 is 12.4 Å². The van der Waals surface area contributed by atoms with Crippen LogP contribution in [0.1, 0.15) is 19.2 Å². The van der Waals surface area contributed by atoms with Crippen molar-refractivity contribution in [2.45, 2.75) is 19.8 Å². The molecule has 2 heterocycles. The zero-order valence-electron chi connectivity index (χ0n) is 6.67. The Bertz CT molecular complexity index is 266. The molecular weight excluding hydrogens is 164 g/mol. The maximum atomic E-state index is 5.10. The number of fused-ring (bicyclic) bond motifs is 1. The molecule has 0 radical (unpaired) electrons. The summed E-state index contributed by atoms with van der Waals surface area (Å²) in [5.74, 6) is 2.25. The monoisotopic (exact) mass is 174 g/mol. The van der Waals surface area contributed by atoms with Crippen molar-refractivity contribution >= 4 is 0 Å². The third-order valence-electron chi connectivity index (χ3n) is 1.77. The van der Waals surface area contributed by atoms with Gasteiger partial charge in [-0.1, -0.05) is 6.92 Å². The van der Waals surface area contributed by atoms with Crippen LogP contribution < -0.4 is 21.8 Å². The third-order valence-corrected chi connectivity index (χ3v) is 1.77. The molecule has 4 heteroatoms. The minimum atomic E-state index is 0. The SMILES string of the molecule is CCCc1n2c(c[n+]1C)O2.[Cl-]. The summed E-state index contributed by atoms with van der Waals surface area (Å²) in [5, 5.41) is 0. The highest BCUT2D eigenvalue weighted by Gasteiger charge is 2.37. The van der Waals surface area contributed by atoms with Gasteiger partial charge in [0.25, 0.3) is 0 Å². The lowest BCUT2D eigenvalue weighted by Crippen LogP contribution is -3.00. The molecule has 1 aliphatic rings. The number of aryl methyl sites for hydroxylation is 1. The van der Waals surface area contributed by atoms with Crippen molar-refractivity contribution in [2.24, 2.45) is 7.05 Å². The zero-order chi connectivity index (χ0) is 7.14. The second-order valence-corrected chi connectivity index (χ2v) is 2.63. The molecule has 0 bridgehead atoms. The molecule has 0 unspecified atom stereocenters. The van der Waals surface area contributed by atoms with E-state index in [1.54, 1.807) is 0 Å². The third kappa shape index (κ3) is 1.20. The van der Waals surface area contributed by atoms with Crippen molar-refractivity contribution < 1.29 is 21.8 Å². The first-order valence-corrected chi connectivity index (χ1v) is 3.61. The first kappa shape index (κ1) is 8.40. The van der Waals surface area contributed by atoms with E-state index in [-0.39, 0.29) is 12.4 Å². The minimum Gasteiger partial charge on any atom is -1.00 e. The maximum Gasteiger partial charge on any atom is 0.415 e. The summed E-state index contributed by atoms with van der Waals surface area (Å²) in [7, 11) is 2.05. The first-order valence-electron chi connectivity index (χ1n) is 3.61. The normalized spacial score (nSPS) is 11.5. The Morgan fingerprint density at radius 2 is 2.36 bits per heavy atom. The molecule has 11 heavy (non-hydrogen) atoms. The van der Waals surface area contributed by atoms with Crippen molar-refractivity contribution in [1.82, 2.24) is 4.73 Å². The maximum absolute atomic E-state index is 5.10.